The Morgan fingerprint density at radius 2 is 2.11 bits per heavy atom. The predicted octanol–water partition coefficient (Wildman–Crippen LogP) is 3.77. The first-order valence-corrected chi connectivity index (χ1v) is 9.09. The molecule has 0 aliphatic carbocycles. The molecule has 1 aromatic carbocycles. The molecule has 2 atom stereocenters. The van der Waals surface area contributed by atoms with Crippen LogP contribution in [0.1, 0.15) is 62.8 Å². The van der Waals surface area contributed by atoms with Crippen molar-refractivity contribution in [2.45, 2.75) is 38.8 Å². The van der Waals surface area contributed by atoms with Gasteiger partial charge < -0.3 is 11.1 Å². The normalized spacial score (nSPS) is 12.8. The van der Waals surface area contributed by atoms with E-state index in [0.717, 1.165) is 0 Å². The van der Waals surface area contributed by atoms with Gasteiger partial charge in [-0.3, -0.25) is 9.59 Å². The molecular formula is C20H24ClFN4O2. The molecule has 3 N–H and O–H groups in total. The van der Waals surface area contributed by atoms with Crippen LogP contribution in [0.2, 0.25) is 5.02 Å². The zero-order chi connectivity index (χ0) is 20.8. The van der Waals surface area contributed by atoms with Crippen molar-refractivity contribution in [3.8, 4) is 6.07 Å². The first-order chi connectivity index (χ1) is 13.3. The number of amides is 1. The van der Waals surface area contributed by atoms with Gasteiger partial charge in [-0.05, 0) is 31.5 Å². The second kappa shape index (κ2) is 9.40. The molecule has 2 rings (SSSR count). The fourth-order valence-electron chi connectivity index (χ4n) is 2.92. The smallest absolute Gasteiger partial charge is 0.218 e. The first-order valence-electron chi connectivity index (χ1n) is 8.71. The number of aromatic nitrogens is 1. The summed E-state index contributed by atoms with van der Waals surface area (Å²) in [7, 11) is 0. The maximum atomic E-state index is 15.3. The average molecular weight is 407 g/mol. The third kappa shape index (κ3) is 4.91. The van der Waals surface area contributed by atoms with Crippen molar-refractivity contribution < 1.29 is 16.8 Å². The summed E-state index contributed by atoms with van der Waals surface area (Å²) in [4.78, 5) is 27.7. The molecule has 0 unspecified atom stereocenters. The van der Waals surface area contributed by atoms with Crippen LogP contribution in [0.4, 0.5) is 4.39 Å². The van der Waals surface area contributed by atoms with Gasteiger partial charge in [-0.15, -0.1) is 0 Å². The molecule has 150 valence electrons. The SMILES string of the molecule is CC[C@@H](N[C@@H](C)CC(N)=O)c1ccc(Cl)c(C(=O)c2ccc(C#N)nc2)c1F.[HH].[HH]. The number of hydrogen-bond donors (Lipinski definition) is 2. The third-order valence-corrected chi connectivity index (χ3v) is 4.58. The van der Waals surface area contributed by atoms with Crippen LogP contribution in [0, 0.1) is 17.1 Å². The van der Waals surface area contributed by atoms with E-state index < -0.39 is 23.5 Å². The molecule has 0 aliphatic rings. The fourth-order valence-corrected chi connectivity index (χ4v) is 3.15. The fraction of sp³-hybridized carbons (Fsp3) is 0.300. The van der Waals surface area contributed by atoms with Crippen molar-refractivity contribution in [2.24, 2.45) is 5.73 Å². The zero-order valence-electron chi connectivity index (χ0n) is 15.5. The molecule has 6 nitrogen and oxygen atoms in total. The molecule has 1 aromatic heterocycles. The van der Waals surface area contributed by atoms with Gasteiger partial charge >= 0.3 is 0 Å². The highest BCUT2D eigenvalue weighted by atomic mass is 35.5. The van der Waals surface area contributed by atoms with Gasteiger partial charge in [-0.25, -0.2) is 9.37 Å². The van der Waals surface area contributed by atoms with Crippen molar-refractivity contribution in [2.75, 3.05) is 0 Å². The number of nitrogens with zero attached hydrogens (tertiary/aromatic N) is 2. The molecule has 1 amide bonds. The lowest BCUT2D eigenvalue weighted by molar-refractivity contribution is -0.118. The monoisotopic (exact) mass is 406 g/mol. The summed E-state index contributed by atoms with van der Waals surface area (Å²) in [6.45, 7) is 3.63. The van der Waals surface area contributed by atoms with Crippen LogP contribution >= 0.6 is 11.6 Å². The molecule has 0 fully saturated rings. The summed E-state index contributed by atoms with van der Waals surface area (Å²) in [5.74, 6) is -1.82. The second-order valence-corrected chi connectivity index (χ2v) is 6.80. The molecule has 8 heteroatoms. The number of primary amides is 1. The van der Waals surface area contributed by atoms with Gasteiger partial charge in [0.25, 0.3) is 0 Å². The minimum atomic E-state index is -0.729. The lowest BCUT2D eigenvalue weighted by Crippen LogP contribution is -2.34. The molecule has 0 saturated heterocycles. The summed E-state index contributed by atoms with van der Waals surface area (Å²) in [5.41, 5.74) is 5.50. The van der Waals surface area contributed by atoms with E-state index in [1.807, 2.05) is 13.0 Å². The molecule has 0 aliphatic heterocycles. The minimum absolute atomic E-state index is 0. The third-order valence-electron chi connectivity index (χ3n) is 4.27. The highest BCUT2D eigenvalue weighted by molar-refractivity contribution is 6.35. The van der Waals surface area contributed by atoms with E-state index in [-0.39, 0.29) is 42.7 Å². The van der Waals surface area contributed by atoms with Crippen molar-refractivity contribution in [3.05, 3.63) is 63.7 Å². The lowest BCUT2D eigenvalue weighted by atomic mass is 9.96. The number of nitrogens with two attached hydrogens (primary N) is 1. The lowest BCUT2D eigenvalue weighted by Gasteiger charge is -2.23. The average Bonchev–Trinajstić information content (AvgIpc) is 2.66. The van der Waals surface area contributed by atoms with E-state index in [1.54, 1.807) is 6.92 Å². The Bertz CT molecular complexity index is 936. The van der Waals surface area contributed by atoms with Crippen LogP contribution in [-0.4, -0.2) is 22.7 Å². The van der Waals surface area contributed by atoms with Crippen LogP contribution in [0.15, 0.2) is 30.5 Å². The Morgan fingerprint density at radius 1 is 1.39 bits per heavy atom. The number of nitrogens with one attached hydrogen (secondary N) is 1. The van der Waals surface area contributed by atoms with Crippen LogP contribution in [-0.2, 0) is 4.79 Å². The Balaban J connectivity index is 0.00000420. The molecule has 1 heterocycles. The van der Waals surface area contributed by atoms with Crippen LogP contribution in [0.25, 0.3) is 0 Å². The molecule has 0 spiro atoms. The van der Waals surface area contributed by atoms with Crippen molar-refractivity contribution >= 4 is 23.3 Å². The minimum Gasteiger partial charge on any atom is -0.370 e. The highest BCUT2D eigenvalue weighted by Crippen LogP contribution is 2.30. The number of ketones is 1. The highest BCUT2D eigenvalue weighted by Gasteiger charge is 2.25. The summed E-state index contributed by atoms with van der Waals surface area (Å²) < 4.78 is 15.3. The topological polar surface area (TPSA) is 109 Å². The number of carbonyl (C=O) groups excluding carboxylic acids is 2. The van der Waals surface area contributed by atoms with Crippen molar-refractivity contribution in [1.29, 1.82) is 5.26 Å². The summed E-state index contributed by atoms with van der Waals surface area (Å²) in [6.07, 6.45) is 1.84. The summed E-state index contributed by atoms with van der Waals surface area (Å²) >= 11 is 6.11. The van der Waals surface area contributed by atoms with Gasteiger partial charge in [0, 0.05) is 38.7 Å². The molecule has 28 heavy (non-hydrogen) atoms. The van der Waals surface area contributed by atoms with Gasteiger partial charge in [0.1, 0.15) is 17.6 Å². The van der Waals surface area contributed by atoms with E-state index >= 15 is 4.39 Å². The van der Waals surface area contributed by atoms with E-state index in [0.29, 0.717) is 6.42 Å². The molecule has 0 saturated carbocycles. The number of rotatable bonds is 8. The Labute approximate surface area is 170 Å². The Morgan fingerprint density at radius 3 is 2.64 bits per heavy atom. The second-order valence-electron chi connectivity index (χ2n) is 6.40. The number of benzene rings is 1. The van der Waals surface area contributed by atoms with Crippen LogP contribution in [0.3, 0.4) is 0 Å². The Hall–Kier alpha value is -2.82. The molecule has 2 aromatic rings. The standard InChI is InChI=1S/C20H20ClFN4O2.2H2/c1-3-16(26-11(2)8-17(24)27)14-6-7-15(21)18(19(14)22)20(28)12-4-5-13(9-23)25-10-12;;/h4-7,10-11,16,26H,3,8H2,1-2H3,(H2,24,27);2*1H/t11-,16+;;/m0../s1. The summed E-state index contributed by atoms with van der Waals surface area (Å²) in [6, 6.07) is 6.92. The number of hydrogen-bond acceptors (Lipinski definition) is 5. The number of carbonyl (C=O) groups is 2. The van der Waals surface area contributed by atoms with Crippen LogP contribution < -0.4 is 11.1 Å². The summed E-state index contributed by atoms with van der Waals surface area (Å²) in [5, 5.41) is 11.9. The number of pyridine rings is 1. The van der Waals surface area contributed by atoms with Crippen LogP contribution in [0.5, 0.6) is 0 Å². The Kier molecular flexibility index (Phi) is 7.21. The van der Waals surface area contributed by atoms with Gasteiger partial charge in [-0.1, -0.05) is 24.6 Å². The first kappa shape index (κ1) is 21.5. The molecule has 0 radical (unpaired) electrons. The van der Waals surface area contributed by atoms with Crippen molar-refractivity contribution in [3.63, 3.8) is 0 Å². The zero-order valence-corrected chi connectivity index (χ0v) is 16.3. The van der Waals surface area contributed by atoms with E-state index in [9.17, 15) is 9.59 Å². The maximum Gasteiger partial charge on any atom is 0.218 e. The van der Waals surface area contributed by atoms with Crippen molar-refractivity contribution in [1.82, 2.24) is 10.3 Å². The van der Waals surface area contributed by atoms with E-state index in [4.69, 9.17) is 22.6 Å². The predicted molar refractivity (Wildman–Crippen MR) is 107 cm³/mol. The molecular weight excluding hydrogens is 383 g/mol. The van der Waals surface area contributed by atoms with E-state index in [1.165, 1.54) is 30.5 Å². The quantitative estimate of drug-likeness (QED) is 0.648. The van der Waals surface area contributed by atoms with E-state index in [2.05, 4.69) is 10.3 Å². The largest absolute Gasteiger partial charge is 0.370 e. The van der Waals surface area contributed by atoms with Gasteiger partial charge in [0.05, 0.1) is 10.6 Å². The number of nitriles is 1. The maximum absolute atomic E-state index is 15.3. The van der Waals surface area contributed by atoms with Gasteiger partial charge in [0.15, 0.2) is 5.78 Å². The molecule has 0 bridgehead atoms. The van der Waals surface area contributed by atoms with Gasteiger partial charge in [-0.2, -0.15) is 5.26 Å². The van der Waals surface area contributed by atoms with Gasteiger partial charge in [0.2, 0.25) is 5.91 Å². The number of halogens is 2.